The molecule has 1 fully saturated rings. The van der Waals surface area contributed by atoms with Crippen molar-refractivity contribution in [3.8, 4) is 5.75 Å². The first kappa shape index (κ1) is 22.0. The number of halogens is 3. The third-order valence-electron chi connectivity index (χ3n) is 5.20. The highest BCUT2D eigenvalue weighted by molar-refractivity contribution is 5.80. The molecule has 0 bridgehead atoms. The van der Waals surface area contributed by atoms with Crippen molar-refractivity contribution in [1.82, 2.24) is 10.2 Å². The van der Waals surface area contributed by atoms with E-state index in [1.165, 1.54) is 12.1 Å². The van der Waals surface area contributed by atoms with Crippen molar-refractivity contribution >= 4 is 11.6 Å². The van der Waals surface area contributed by atoms with Gasteiger partial charge in [-0.25, -0.2) is 0 Å². The Morgan fingerprint density at radius 1 is 1.13 bits per heavy atom. The van der Waals surface area contributed by atoms with Crippen molar-refractivity contribution in [2.45, 2.75) is 25.1 Å². The van der Waals surface area contributed by atoms with Crippen LogP contribution in [-0.2, 0) is 11.0 Å². The van der Waals surface area contributed by atoms with Crippen LogP contribution in [-0.4, -0.2) is 44.1 Å². The number of carbonyl (C=O) groups excluding carboxylic acids is 1. The summed E-state index contributed by atoms with van der Waals surface area (Å²) in [7, 11) is 1.62. The van der Waals surface area contributed by atoms with Crippen LogP contribution in [0.25, 0.3) is 0 Å². The van der Waals surface area contributed by atoms with E-state index in [-0.39, 0.29) is 24.2 Å². The summed E-state index contributed by atoms with van der Waals surface area (Å²) in [5.74, 6) is 0.480. The molecule has 1 unspecified atom stereocenters. The number of methoxy groups -OCH3 is 1. The summed E-state index contributed by atoms with van der Waals surface area (Å²) in [6.07, 6.45) is -2.18. The normalized spacial score (nSPS) is 15.6. The molecule has 1 aliphatic rings. The lowest BCUT2D eigenvalue weighted by molar-refractivity contribution is -0.137. The van der Waals surface area contributed by atoms with Gasteiger partial charge < -0.3 is 15.4 Å². The van der Waals surface area contributed by atoms with Gasteiger partial charge in [-0.15, -0.1) is 0 Å². The van der Waals surface area contributed by atoms with Gasteiger partial charge in [-0.1, -0.05) is 18.2 Å². The largest absolute Gasteiger partial charge is 0.497 e. The van der Waals surface area contributed by atoms with Gasteiger partial charge >= 0.3 is 6.18 Å². The van der Waals surface area contributed by atoms with Gasteiger partial charge in [0.2, 0.25) is 5.91 Å². The van der Waals surface area contributed by atoms with Crippen molar-refractivity contribution in [1.29, 1.82) is 0 Å². The van der Waals surface area contributed by atoms with Crippen LogP contribution < -0.4 is 15.4 Å². The first-order valence-electron chi connectivity index (χ1n) is 9.92. The van der Waals surface area contributed by atoms with Gasteiger partial charge in [0.05, 0.1) is 25.3 Å². The Hall–Kier alpha value is -2.74. The lowest BCUT2D eigenvalue weighted by atomic mass is 10.0. The van der Waals surface area contributed by atoms with E-state index in [0.29, 0.717) is 6.54 Å². The molecule has 3 rings (SSSR count). The molecule has 1 atom stereocenters. The fraction of sp³-hybridized carbons (Fsp3) is 0.409. The minimum atomic E-state index is -4.42. The third kappa shape index (κ3) is 5.89. The van der Waals surface area contributed by atoms with Crippen LogP contribution in [0.4, 0.5) is 18.9 Å². The summed E-state index contributed by atoms with van der Waals surface area (Å²) in [6.45, 7) is 2.23. The second kappa shape index (κ2) is 9.84. The van der Waals surface area contributed by atoms with Crippen LogP contribution in [0.5, 0.6) is 5.75 Å². The van der Waals surface area contributed by atoms with Crippen LogP contribution in [0.1, 0.15) is 30.0 Å². The van der Waals surface area contributed by atoms with Gasteiger partial charge in [0.25, 0.3) is 0 Å². The van der Waals surface area contributed by atoms with Crippen molar-refractivity contribution in [3.05, 3.63) is 59.7 Å². The number of hydrogen-bond donors (Lipinski definition) is 2. The van der Waals surface area contributed by atoms with Gasteiger partial charge in [-0.2, -0.15) is 13.2 Å². The van der Waals surface area contributed by atoms with E-state index in [2.05, 4.69) is 15.5 Å². The van der Waals surface area contributed by atoms with E-state index in [9.17, 15) is 18.0 Å². The van der Waals surface area contributed by atoms with Crippen LogP contribution >= 0.6 is 0 Å². The highest BCUT2D eigenvalue weighted by atomic mass is 19.4. The summed E-state index contributed by atoms with van der Waals surface area (Å²) < 4.78 is 43.8. The molecule has 162 valence electrons. The molecule has 2 aromatic carbocycles. The second-order valence-electron chi connectivity index (χ2n) is 7.27. The van der Waals surface area contributed by atoms with E-state index < -0.39 is 11.7 Å². The molecule has 0 radical (unpaired) electrons. The zero-order valence-corrected chi connectivity index (χ0v) is 16.8. The predicted octanol–water partition coefficient (Wildman–Crippen LogP) is 4.08. The quantitative estimate of drug-likeness (QED) is 0.675. The zero-order chi connectivity index (χ0) is 21.6. The molecule has 1 amide bonds. The average Bonchev–Trinajstić information content (AvgIpc) is 3.27. The molecule has 0 aromatic heterocycles. The van der Waals surface area contributed by atoms with Crippen LogP contribution in [0, 0.1) is 0 Å². The summed E-state index contributed by atoms with van der Waals surface area (Å²) in [4.78, 5) is 14.7. The van der Waals surface area contributed by atoms with Crippen molar-refractivity contribution in [3.63, 3.8) is 0 Å². The Labute approximate surface area is 174 Å². The van der Waals surface area contributed by atoms with E-state index >= 15 is 0 Å². The Balaban J connectivity index is 1.59. The van der Waals surface area contributed by atoms with E-state index in [0.717, 1.165) is 49.4 Å². The van der Waals surface area contributed by atoms with Gasteiger partial charge in [0.1, 0.15) is 5.75 Å². The predicted molar refractivity (Wildman–Crippen MR) is 109 cm³/mol. The third-order valence-corrected chi connectivity index (χ3v) is 5.20. The van der Waals surface area contributed by atoms with Crippen molar-refractivity contribution in [2.75, 3.05) is 38.6 Å². The molecular weight excluding hydrogens is 395 g/mol. The van der Waals surface area contributed by atoms with Crippen molar-refractivity contribution in [2.24, 2.45) is 0 Å². The molecule has 0 saturated carbocycles. The molecule has 30 heavy (non-hydrogen) atoms. The number of benzene rings is 2. The molecule has 1 aliphatic heterocycles. The molecule has 8 heteroatoms. The molecule has 0 aliphatic carbocycles. The maximum atomic E-state index is 12.8. The Bertz CT molecular complexity index is 852. The number of ether oxygens (including phenoxy) is 1. The highest BCUT2D eigenvalue weighted by Gasteiger charge is 2.30. The lowest BCUT2D eigenvalue weighted by Crippen LogP contribution is -2.38. The van der Waals surface area contributed by atoms with Gasteiger partial charge in [0, 0.05) is 12.2 Å². The molecule has 0 spiro atoms. The number of carbonyl (C=O) groups is 1. The SMILES string of the molecule is COc1cccc(C(CNC(=O)CNc2cccc(C(F)(F)F)c2)N2CCCC2)c1. The van der Waals surface area contributed by atoms with Crippen LogP contribution in [0.3, 0.4) is 0 Å². The molecule has 2 N–H and O–H groups in total. The smallest absolute Gasteiger partial charge is 0.416 e. The van der Waals surface area contributed by atoms with E-state index in [1.807, 2.05) is 24.3 Å². The van der Waals surface area contributed by atoms with Crippen molar-refractivity contribution < 1.29 is 22.7 Å². The van der Waals surface area contributed by atoms with Gasteiger partial charge in [-0.05, 0) is 61.8 Å². The average molecular weight is 421 g/mol. The number of nitrogens with one attached hydrogen (secondary N) is 2. The summed E-state index contributed by atoms with van der Waals surface area (Å²) in [5, 5.41) is 5.67. The highest BCUT2D eigenvalue weighted by Crippen LogP contribution is 2.30. The lowest BCUT2D eigenvalue weighted by Gasteiger charge is -2.28. The molecule has 2 aromatic rings. The molecular formula is C22H26F3N3O2. The van der Waals surface area contributed by atoms with Crippen LogP contribution in [0.2, 0.25) is 0 Å². The number of likely N-dealkylation sites (tertiary alicyclic amines) is 1. The molecule has 5 nitrogen and oxygen atoms in total. The maximum absolute atomic E-state index is 12.8. The zero-order valence-electron chi connectivity index (χ0n) is 16.8. The second-order valence-corrected chi connectivity index (χ2v) is 7.27. The number of hydrogen-bond acceptors (Lipinski definition) is 4. The Morgan fingerprint density at radius 2 is 1.87 bits per heavy atom. The summed E-state index contributed by atoms with van der Waals surface area (Å²) >= 11 is 0. The first-order valence-corrected chi connectivity index (χ1v) is 9.92. The minimum absolute atomic E-state index is 0.0140. The molecule has 1 saturated heterocycles. The van der Waals surface area contributed by atoms with E-state index in [4.69, 9.17) is 4.74 Å². The fourth-order valence-electron chi connectivity index (χ4n) is 3.62. The Kier molecular flexibility index (Phi) is 7.20. The summed E-state index contributed by atoms with van der Waals surface area (Å²) in [6, 6.07) is 12.6. The number of alkyl halides is 3. The number of anilines is 1. The topological polar surface area (TPSA) is 53.6 Å². The number of amides is 1. The fourth-order valence-corrected chi connectivity index (χ4v) is 3.62. The number of rotatable bonds is 8. The first-order chi connectivity index (χ1) is 14.4. The van der Waals surface area contributed by atoms with Gasteiger partial charge in [-0.3, -0.25) is 9.69 Å². The maximum Gasteiger partial charge on any atom is 0.416 e. The standard InChI is InChI=1S/C22H26F3N3O2/c1-30-19-9-4-6-16(12-19)20(28-10-2-3-11-28)14-27-21(29)15-26-18-8-5-7-17(13-18)22(23,24)25/h4-9,12-13,20,26H,2-3,10-11,14-15H2,1H3,(H,27,29). The number of nitrogens with zero attached hydrogens (tertiary/aromatic N) is 1. The van der Waals surface area contributed by atoms with E-state index in [1.54, 1.807) is 7.11 Å². The monoisotopic (exact) mass is 421 g/mol. The Morgan fingerprint density at radius 3 is 2.57 bits per heavy atom. The summed E-state index contributed by atoms with van der Waals surface area (Å²) in [5.41, 5.74) is 0.561. The molecule has 1 heterocycles. The minimum Gasteiger partial charge on any atom is -0.497 e. The van der Waals surface area contributed by atoms with Gasteiger partial charge in [0.15, 0.2) is 0 Å². The van der Waals surface area contributed by atoms with Crippen LogP contribution in [0.15, 0.2) is 48.5 Å².